The molecule has 2 aliphatic carbocycles. The Morgan fingerprint density at radius 1 is 1.11 bits per heavy atom. The fourth-order valence-electron chi connectivity index (χ4n) is 4.33. The number of hydrogen-bond donors (Lipinski definition) is 1. The Labute approximate surface area is 118 Å². The highest BCUT2D eigenvalue weighted by Gasteiger charge is 2.37. The quantitative estimate of drug-likeness (QED) is 0.811. The van der Waals surface area contributed by atoms with Gasteiger partial charge in [0.05, 0.1) is 0 Å². The van der Waals surface area contributed by atoms with Gasteiger partial charge in [0.25, 0.3) is 0 Å². The van der Waals surface area contributed by atoms with Gasteiger partial charge in [0.2, 0.25) is 0 Å². The lowest BCUT2D eigenvalue weighted by Gasteiger charge is -2.39. The molecular formula is C17H31NO. The summed E-state index contributed by atoms with van der Waals surface area (Å²) in [5.41, 5.74) is 0.130. The topological polar surface area (TPSA) is 29.1 Å². The predicted molar refractivity (Wildman–Crippen MR) is 80.2 cm³/mol. The van der Waals surface area contributed by atoms with Crippen LogP contribution in [-0.2, 0) is 4.79 Å². The molecule has 0 heterocycles. The Bertz CT molecular complexity index is 294. The van der Waals surface area contributed by atoms with Gasteiger partial charge in [0, 0.05) is 17.9 Å². The van der Waals surface area contributed by atoms with Crippen LogP contribution in [-0.4, -0.2) is 18.4 Å². The first kappa shape index (κ1) is 15.0. The van der Waals surface area contributed by atoms with Gasteiger partial charge in [-0.25, -0.2) is 0 Å². The smallest absolute Gasteiger partial charge is 0.138 e. The standard InChI is InChI=1S/C17H31NO/c1-3-14-9-5-6-10-15(14)16(19)13-17(18-2)11-7-4-8-12-17/h14-15,18H,3-13H2,1-2H3. The van der Waals surface area contributed by atoms with E-state index >= 15 is 0 Å². The zero-order valence-corrected chi connectivity index (χ0v) is 12.8. The van der Waals surface area contributed by atoms with Crippen molar-refractivity contribution in [2.24, 2.45) is 11.8 Å². The van der Waals surface area contributed by atoms with Gasteiger partial charge >= 0.3 is 0 Å². The lowest BCUT2D eigenvalue weighted by molar-refractivity contribution is -0.127. The van der Waals surface area contributed by atoms with E-state index in [1.807, 2.05) is 0 Å². The lowest BCUT2D eigenvalue weighted by Crippen LogP contribution is -2.47. The summed E-state index contributed by atoms with van der Waals surface area (Å²) in [5, 5.41) is 3.50. The highest BCUT2D eigenvalue weighted by atomic mass is 16.1. The molecule has 2 heteroatoms. The minimum absolute atomic E-state index is 0.130. The molecule has 0 radical (unpaired) electrons. The normalized spacial score (nSPS) is 31.1. The molecule has 2 atom stereocenters. The molecule has 1 N–H and O–H groups in total. The number of Topliss-reactive ketones (excluding diaryl/α,β-unsaturated/α-hetero) is 1. The van der Waals surface area contributed by atoms with E-state index in [1.165, 1.54) is 57.8 Å². The molecule has 2 rings (SSSR count). The van der Waals surface area contributed by atoms with Gasteiger partial charge in [0.15, 0.2) is 0 Å². The van der Waals surface area contributed by atoms with Gasteiger partial charge in [-0.15, -0.1) is 0 Å². The van der Waals surface area contributed by atoms with E-state index in [0.29, 0.717) is 17.6 Å². The van der Waals surface area contributed by atoms with Crippen molar-refractivity contribution >= 4 is 5.78 Å². The van der Waals surface area contributed by atoms with Gasteiger partial charge in [-0.05, 0) is 38.6 Å². The van der Waals surface area contributed by atoms with Crippen molar-refractivity contribution in [3.05, 3.63) is 0 Å². The minimum Gasteiger partial charge on any atom is -0.314 e. The Morgan fingerprint density at radius 3 is 2.42 bits per heavy atom. The SMILES string of the molecule is CCC1CCCCC1C(=O)CC1(NC)CCCCC1. The van der Waals surface area contributed by atoms with Crippen molar-refractivity contribution in [3.63, 3.8) is 0 Å². The van der Waals surface area contributed by atoms with E-state index in [2.05, 4.69) is 19.3 Å². The summed E-state index contributed by atoms with van der Waals surface area (Å²) in [6.45, 7) is 2.25. The van der Waals surface area contributed by atoms with E-state index in [1.54, 1.807) is 0 Å². The molecule has 0 aromatic rings. The molecular weight excluding hydrogens is 234 g/mol. The van der Waals surface area contributed by atoms with Crippen LogP contribution in [0.25, 0.3) is 0 Å². The second-order valence-corrected chi connectivity index (χ2v) is 6.79. The molecule has 2 saturated carbocycles. The summed E-state index contributed by atoms with van der Waals surface area (Å²) in [5.74, 6) is 1.59. The highest BCUT2D eigenvalue weighted by Crippen LogP contribution is 2.37. The maximum atomic E-state index is 12.8. The number of nitrogens with one attached hydrogen (secondary N) is 1. The molecule has 19 heavy (non-hydrogen) atoms. The zero-order valence-electron chi connectivity index (χ0n) is 12.8. The summed E-state index contributed by atoms with van der Waals surface area (Å²) >= 11 is 0. The van der Waals surface area contributed by atoms with Crippen molar-refractivity contribution in [2.45, 2.75) is 83.1 Å². The first-order valence-electron chi connectivity index (χ1n) is 8.42. The summed E-state index contributed by atoms with van der Waals surface area (Å²) in [7, 11) is 2.05. The van der Waals surface area contributed by atoms with Crippen LogP contribution in [0.2, 0.25) is 0 Å². The average molecular weight is 265 g/mol. The van der Waals surface area contributed by atoms with Crippen LogP contribution < -0.4 is 5.32 Å². The zero-order chi connectivity index (χ0) is 13.7. The third-order valence-electron chi connectivity index (χ3n) is 5.70. The first-order valence-corrected chi connectivity index (χ1v) is 8.42. The minimum atomic E-state index is 0.130. The van der Waals surface area contributed by atoms with Crippen molar-refractivity contribution in [1.29, 1.82) is 0 Å². The Kier molecular flexibility index (Phi) is 5.44. The molecule has 2 nitrogen and oxygen atoms in total. The Hall–Kier alpha value is -0.370. The fourth-order valence-corrected chi connectivity index (χ4v) is 4.33. The summed E-state index contributed by atoms with van der Waals surface area (Å²) in [6, 6.07) is 0. The van der Waals surface area contributed by atoms with Crippen LogP contribution in [0.4, 0.5) is 0 Å². The second-order valence-electron chi connectivity index (χ2n) is 6.79. The highest BCUT2D eigenvalue weighted by molar-refractivity contribution is 5.82. The molecule has 0 bridgehead atoms. The van der Waals surface area contributed by atoms with E-state index in [4.69, 9.17) is 0 Å². The Balaban J connectivity index is 1.98. The molecule has 0 amide bonds. The summed E-state index contributed by atoms with van der Waals surface area (Å²) in [6.07, 6.45) is 13.3. The number of carbonyl (C=O) groups is 1. The van der Waals surface area contributed by atoms with E-state index < -0.39 is 0 Å². The van der Waals surface area contributed by atoms with Crippen molar-refractivity contribution in [2.75, 3.05) is 7.05 Å². The van der Waals surface area contributed by atoms with E-state index in [9.17, 15) is 4.79 Å². The van der Waals surface area contributed by atoms with E-state index in [-0.39, 0.29) is 5.54 Å². The average Bonchev–Trinajstić information content (AvgIpc) is 2.48. The van der Waals surface area contributed by atoms with E-state index in [0.717, 1.165) is 12.8 Å². The molecule has 2 unspecified atom stereocenters. The Morgan fingerprint density at radius 2 is 1.79 bits per heavy atom. The van der Waals surface area contributed by atoms with Crippen molar-refractivity contribution in [3.8, 4) is 0 Å². The number of ketones is 1. The van der Waals surface area contributed by atoms with Crippen molar-refractivity contribution in [1.82, 2.24) is 5.32 Å². The number of rotatable bonds is 5. The van der Waals surface area contributed by atoms with Gasteiger partial charge < -0.3 is 5.32 Å². The second kappa shape index (κ2) is 6.88. The van der Waals surface area contributed by atoms with Crippen LogP contribution >= 0.6 is 0 Å². The monoisotopic (exact) mass is 265 g/mol. The van der Waals surface area contributed by atoms with Gasteiger partial charge in [-0.3, -0.25) is 4.79 Å². The first-order chi connectivity index (χ1) is 9.21. The maximum absolute atomic E-state index is 12.8. The van der Waals surface area contributed by atoms with Gasteiger partial charge in [0.1, 0.15) is 5.78 Å². The van der Waals surface area contributed by atoms with Crippen LogP contribution in [0.15, 0.2) is 0 Å². The molecule has 110 valence electrons. The fraction of sp³-hybridized carbons (Fsp3) is 0.941. The van der Waals surface area contributed by atoms with Crippen LogP contribution in [0.1, 0.15) is 77.6 Å². The van der Waals surface area contributed by atoms with Crippen LogP contribution in [0.5, 0.6) is 0 Å². The summed E-state index contributed by atoms with van der Waals surface area (Å²) in [4.78, 5) is 12.8. The largest absolute Gasteiger partial charge is 0.314 e. The van der Waals surface area contributed by atoms with Gasteiger partial charge in [-0.2, -0.15) is 0 Å². The molecule has 0 spiro atoms. The molecule has 0 aromatic heterocycles. The molecule has 2 fully saturated rings. The molecule has 0 saturated heterocycles. The predicted octanol–water partition coefficient (Wildman–Crippen LogP) is 4.08. The van der Waals surface area contributed by atoms with Crippen LogP contribution in [0, 0.1) is 11.8 Å². The number of carbonyl (C=O) groups excluding carboxylic acids is 1. The maximum Gasteiger partial charge on any atom is 0.138 e. The molecule has 0 aliphatic heterocycles. The third kappa shape index (κ3) is 3.59. The third-order valence-corrected chi connectivity index (χ3v) is 5.70. The number of hydrogen-bond acceptors (Lipinski definition) is 2. The van der Waals surface area contributed by atoms with Gasteiger partial charge in [-0.1, -0.05) is 45.4 Å². The lowest BCUT2D eigenvalue weighted by atomic mass is 9.70. The van der Waals surface area contributed by atoms with Crippen molar-refractivity contribution < 1.29 is 4.79 Å². The molecule has 0 aromatic carbocycles. The molecule has 2 aliphatic rings. The van der Waals surface area contributed by atoms with Crippen LogP contribution in [0.3, 0.4) is 0 Å². The summed E-state index contributed by atoms with van der Waals surface area (Å²) < 4.78 is 0.